The third-order valence-electron chi connectivity index (χ3n) is 3.77. The van der Waals surface area contributed by atoms with E-state index in [1.807, 2.05) is 6.92 Å². The molecule has 0 spiro atoms. The van der Waals surface area contributed by atoms with Gasteiger partial charge in [0.05, 0.1) is 11.4 Å². The molecule has 5 heteroatoms. The third kappa shape index (κ3) is 3.34. The topological polar surface area (TPSA) is 84.9 Å². The first-order valence-electron chi connectivity index (χ1n) is 7.25. The zero-order valence-electron chi connectivity index (χ0n) is 13.7. The van der Waals surface area contributed by atoms with E-state index in [4.69, 9.17) is 5.73 Å². The first kappa shape index (κ1) is 16.5. The Morgan fingerprint density at radius 1 is 0.870 bits per heavy atom. The van der Waals surface area contributed by atoms with Crippen molar-refractivity contribution in [1.82, 2.24) is 0 Å². The molecule has 0 saturated carbocycles. The number of nitrogens with zero attached hydrogens (tertiary/aromatic N) is 2. The van der Waals surface area contributed by atoms with Gasteiger partial charge in [-0.15, -0.1) is 0 Å². The number of carbonyl (C=O) groups is 2. The second-order valence-electron chi connectivity index (χ2n) is 5.44. The number of hydrogen-bond acceptors (Lipinski definition) is 5. The Hall–Kier alpha value is -2.82. The van der Waals surface area contributed by atoms with Gasteiger partial charge in [-0.05, 0) is 57.0 Å². The van der Waals surface area contributed by atoms with E-state index in [-0.39, 0.29) is 11.6 Å². The standard InChI is InChI=1S/C18H19N3O2/c1-10-14(12(3)22)6-5-7-16(10)20-21-17-9-8-15(19)18(11(17)2)13(4)23/h5-9H,19H2,1-4H3. The second-order valence-corrected chi connectivity index (χ2v) is 5.44. The van der Waals surface area contributed by atoms with Crippen molar-refractivity contribution in [1.29, 1.82) is 0 Å². The summed E-state index contributed by atoms with van der Waals surface area (Å²) in [6.45, 7) is 6.62. The Morgan fingerprint density at radius 2 is 1.48 bits per heavy atom. The van der Waals surface area contributed by atoms with E-state index in [2.05, 4.69) is 10.2 Å². The van der Waals surface area contributed by atoms with Crippen molar-refractivity contribution in [3.8, 4) is 0 Å². The molecule has 118 valence electrons. The SMILES string of the molecule is CC(=O)c1cccc(N=Nc2ccc(N)c(C(C)=O)c2C)c1C. The van der Waals surface area contributed by atoms with Gasteiger partial charge in [0.1, 0.15) is 0 Å². The van der Waals surface area contributed by atoms with Gasteiger partial charge in [0.25, 0.3) is 0 Å². The first-order chi connectivity index (χ1) is 10.8. The predicted octanol–water partition coefficient (Wildman–Crippen LogP) is 4.71. The Kier molecular flexibility index (Phi) is 4.69. The Labute approximate surface area is 135 Å². The van der Waals surface area contributed by atoms with Gasteiger partial charge >= 0.3 is 0 Å². The fourth-order valence-electron chi connectivity index (χ4n) is 2.52. The zero-order chi connectivity index (χ0) is 17.1. The summed E-state index contributed by atoms with van der Waals surface area (Å²) in [4.78, 5) is 23.3. The maximum atomic E-state index is 11.7. The van der Waals surface area contributed by atoms with Crippen LogP contribution in [0.1, 0.15) is 45.7 Å². The fourth-order valence-corrected chi connectivity index (χ4v) is 2.52. The second kappa shape index (κ2) is 6.52. The van der Waals surface area contributed by atoms with Crippen LogP contribution in [0, 0.1) is 13.8 Å². The minimum atomic E-state index is -0.105. The summed E-state index contributed by atoms with van der Waals surface area (Å²) in [6.07, 6.45) is 0. The highest BCUT2D eigenvalue weighted by atomic mass is 16.1. The monoisotopic (exact) mass is 309 g/mol. The minimum Gasteiger partial charge on any atom is -0.398 e. The van der Waals surface area contributed by atoms with E-state index in [9.17, 15) is 9.59 Å². The van der Waals surface area contributed by atoms with E-state index in [0.717, 1.165) is 5.56 Å². The van der Waals surface area contributed by atoms with Crippen molar-refractivity contribution in [2.75, 3.05) is 5.73 Å². The number of azo groups is 1. The molecule has 2 aromatic carbocycles. The molecule has 0 radical (unpaired) electrons. The lowest BCUT2D eigenvalue weighted by Gasteiger charge is -2.08. The fraction of sp³-hybridized carbons (Fsp3) is 0.222. The summed E-state index contributed by atoms with van der Waals surface area (Å²) in [7, 11) is 0. The molecule has 0 unspecified atom stereocenters. The van der Waals surface area contributed by atoms with Gasteiger partial charge in [-0.3, -0.25) is 9.59 Å². The molecule has 0 fully saturated rings. The van der Waals surface area contributed by atoms with Crippen LogP contribution in [-0.2, 0) is 0 Å². The van der Waals surface area contributed by atoms with Crippen molar-refractivity contribution < 1.29 is 9.59 Å². The van der Waals surface area contributed by atoms with Crippen LogP contribution in [0.25, 0.3) is 0 Å². The van der Waals surface area contributed by atoms with E-state index < -0.39 is 0 Å². The van der Waals surface area contributed by atoms with Crippen LogP contribution in [0.5, 0.6) is 0 Å². The molecule has 0 aliphatic carbocycles. The van der Waals surface area contributed by atoms with Crippen LogP contribution in [-0.4, -0.2) is 11.6 Å². The summed E-state index contributed by atoms with van der Waals surface area (Å²) in [5.41, 5.74) is 10.1. The summed E-state index contributed by atoms with van der Waals surface area (Å²) in [5, 5.41) is 8.46. The van der Waals surface area contributed by atoms with E-state index >= 15 is 0 Å². The maximum Gasteiger partial charge on any atom is 0.162 e. The smallest absolute Gasteiger partial charge is 0.162 e. The molecular formula is C18H19N3O2. The number of nitrogens with two attached hydrogens (primary N) is 1. The van der Waals surface area contributed by atoms with Crippen LogP contribution in [0.4, 0.5) is 17.1 Å². The summed E-state index contributed by atoms with van der Waals surface area (Å²) >= 11 is 0. The molecule has 0 bridgehead atoms. The Bertz CT molecular complexity index is 823. The van der Waals surface area contributed by atoms with Crippen LogP contribution >= 0.6 is 0 Å². The summed E-state index contributed by atoms with van der Waals surface area (Å²) < 4.78 is 0. The van der Waals surface area contributed by atoms with Crippen molar-refractivity contribution in [3.05, 3.63) is 52.6 Å². The number of anilines is 1. The largest absolute Gasteiger partial charge is 0.398 e. The van der Waals surface area contributed by atoms with E-state index in [1.165, 1.54) is 13.8 Å². The van der Waals surface area contributed by atoms with Crippen molar-refractivity contribution >= 4 is 28.6 Å². The highest BCUT2D eigenvalue weighted by Gasteiger charge is 2.12. The molecule has 0 aliphatic rings. The molecule has 23 heavy (non-hydrogen) atoms. The van der Waals surface area contributed by atoms with Crippen LogP contribution in [0.15, 0.2) is 40.6 Å². The molecule has 0 atom stereocenters. The lowest BCUT2D eigenvalue weighted by Crippen LogP contribution is -2.02. The number of carbonyl (C=O) groups excluding carboxylic acids is 2. The Balaban J connectivity index is 2.46. The molecule has 0 aliphatic heterocycles. The molecule has 2 N–H and O–H groups in total. The Morgan fingerprint density at radius 3 is 2.04 bits per heavy atom. The van der Waals surface area contributed by atoms with E-state index in [1.54, 1.807) is 37.3 Å². The zero-order valence-corrected chi connectivity index (χ0v) is 13.7. The lowest BCUT2D eigenvalue weighted by atomic mass is 10.0. The summed E-state index contributed by atoms with van der Waals surface area (Å²) in [6, 6.07) is 8.71. The number of rotatable bonds is 4. The molecular weight excluding hydrogens is 290 g/mol. The minimum absolute atomic E-state index is 0.0120. The van der Waals surface area contributed by atoms with Crippen molar-refractivity contribution in [2.45, 2.75) is 27.7 Å². The van der Waals surface area contributed by atoms with Gasteiger partial charge < -0.3 is 5.73 Å². The molecule has 0 aromatic heterocycles. The molecule has 2 aromatic rings. The highest BCUT2D eigenvalue weighted by molar-refractivity contribution is 6.01. The van der Waals surface area contributed by atoms with E-state index in [0.29, 0.717) is 33.8 Å². The van der Waals surface area contributed by atoms with Gasteiger partial charge in [-0.25, -0.2) is 0 Å². The lowest BCUT2D eigenvalue weighted by molar-refractivity contribution is 0.100. The normalized spacial score (nSPS) is 11.0. The first-order valence-corrected chi connectivity index (χ1v) is 7.25. The van der Waals surface area contributed by atoms with Gasteiger partial charge in [-0.2, -0.15) is 10.2 Å². The molecule has 0 heterocycles. The molecule has 0 saturated heterocycles. The molecule has 0 amide bonds. The van der Waals surface area contributed by atoms with Crippen LogP contribution < -0.4 is 5.73 Å². The quantitative estimate of drug-likeness (QED) is 0.504. The molecule has 2 rings (SSSR count). The number of Topliss-reactive ketones (excluding diaryl/α,β-unsaturated/α-hetero) is 2. The van der Waals surface area contributed by atoms with Crippen LogP contribution in [0.2, 0.25) is 0 Å². The van der Waals surface area contributed by atoms with Crippen molar-refractivity contribution in [3.63, 3.8) is 0 Å². The third-order valence-corrected chi connectivity index (χ3v) is 3.77. The average Bonchev–Trinajstić information content (AvgIpc) is 2.47. The van der Waals surface area contributed by atoms with Gasteiger partial charge in [0.15, 0.2) is 11.6 Å². The summed E-state index contributed by atoms with van der Waals surface area (Å²) in [5.74, 6) is -0.117. The number of benzene rings is 2. The van der Waals surface area contributed by atoms with Crippen molar-refractivity contribution in [2.24, 2.45) is 10.2 Å². The van der Waals surface area contributed by atoms with Gasteiger partial charge in [0, 0.05) is 16.8 Å². The predicted molar refractivity (Wildman–Crippen MR) is 91.0 cm³/mol. The van der Waals surface area contributed by atoms with Crippen LogP contribution in [0.3, 0.4) is 0 Å². The number of ketones is 2. The molecule has 5 nitrogen and oxygen atoms in total. The number of hydrogen-bond donors (Lipinski definition) is 1. The van der Waals surface area contributed by atoms with Gasteiger partial charge in [-0.1, -0.05) is 12.1 Å². The van der Waals surface area contributed by atoms with Gasteiger partial charge in [0.2, 0.25) is 0 Å². The number of nitrogen functional groups attached to an aromatic ring is 1. The average molecular weight is 309 g/mol. The highest BCUT2D eigenvalue weighted by Crippen LogP contribution is 2.30. The maximum absolute atomic E-state index is 11.7.